The second kappa shape index (κ2) is 6.93. The lowest BCUT2D eigenvalue weighted by molar-refractivity contribution is 0.107. The fourth-order valence-corrected chi connectivity index (χ4v) is 5.96. The fraction of sp³-hybridized carbons (Fsp3) is 0.136. The minimum absolute atomic E-state index is 0.364. The maximum atomic E-state index is 14.2. The van der Waals surface area contributed by atoms with E-state index in [4.69, 9.17) is 5.73 Å². The molecule has 0 spiro atoms. The molecule has 26 heavy (non-hydrogen) atoms. The van der Waals surface area contributed by atoms with Crippen LogP contribution in [0.3, 0.4) is 0 Å². The lowest BCUT2D eigenvalue weighted by Gasteiger charge is -2.21. The number of carbonyl (C=O) groups is 1. The van der Waals surface area contributed by atoms with Crippen molar-refractivity contribution in [2.24, 2.45) is 0 Å². The molecule has 0 unspecified atom stereocenters. The SMILES string of the molecule is Cc1cc(C)c(C(=O)P(=O)(c2ccccc2)c2ccccc2)c(C)c1N. The maximum absolute atomic E-state index is 14.2. The van der Waals surface area contributed by atoms with Gasteiger partial charge in [-0.3, -0.25) is 4.79 Å². The van der Waals surface area contributed by atoms with Gasteiger partial charge in [-0.1, -0.05) is 66.7 Å². The number of hydrogen-bond donors (Lipinski definition) is 1. The zero-order valence-corrected chi connectivity index (χ0v) is 16.1. The number of anilines is 1. The van der Waals surface area contributed by atoms with Crippen molar-refractivity contribution in [2.75, 3.05) is 5.73 Å². The van der Waals surface area contributed by atoms with Gasteiger partial charge in [-0.25, -0.2) is 0 Å². The first-order valence-electron chi connectivity index (χ1n) is 8.49. The molecule has 3 nitrogen and oxygen atoms in total. The topological polar surface area (TPSA) is 60.2 Å². The van der Waals surface area contributed by atoms with Gasteiger partial charge in [0.05, 0.1) is 0 Å². The molecule has 3 aromatic carbocycles. The van der Waals surface area contributed by atoms with Crippen molar-refractivity contribution < 1.29 is 9.36 Å². The Kier molecular flexibility index (Phi) is 4.84. The van der Waals surface area contributed by atoms with E-state index in [1.165, 1.54) is 0 Å². The van der Waals surface area contributed by atoms with Crippen LogP contribution in [0.1, 0.15) is 27.0 Å². The Balaban J connectivity index is 2.30. The summed E-state index contributed by atoms with van der Waals surface area (Å²) in [6.45, 7) is 5.60. The van der Waals surface area contributed by atoms with E-state index in [0.29, 0.717) is 27.4 Å². The second-order valence-electron chi connectivity index (χ2n) is 6.51. The molecule has 0 saturated heterocycles. The molecule has 2 N–H and O–H groups in total. The highest BCUT2D eigenvalue weighted by Gasteiger charge is 2.38. The molecule has 0 radical (unpaired) electrons. The number of nitrogens with two attached hydrogens (primary N) is 1. The van der Waals surface area contributed by atoms with Crippen LogP contribution in [0.4, 0.5) is 5.69 Å². The molecule has 0 bridgehead atoms. The van der Waals surface area contributed by atoms with Gasteiger partial charge in [0.15, 0.2) is 0 Å². The molecular formula is C22H22NO2P. The molecular weight excluding hydrogens is 341 g/mol. The Hall–Kier alpha value is -2.64. The largest absolute Gasteiger partial charge is 0.398 e. The van der Waals surface area contributed by atoms with Gasteiger partial charge < -0.3 is 10.3 Å². The van der Waals surface area contributed by atoms with Crippen LogP contribution < -0.4 is 16.3 Å². The molecule has 3 rings (SSSR count). The third-order valence-electron chi connectivity index (χ3n) is 4.77. The first-order chi connectivity index (χ1) is 12.4. The van der Waals surface area contributed by atoms with Crippen LogP contribution in [0.25, 0.3) is 0 Å². The first-order valence-corrected chi connectivity index (χ1v) is 10.2. The van der Waals surface area contributed by atoms with E-state index < -0.39 is 7.14 Å². The number of nitrogen functional groups attached to an aromatic ring is 1. The fourth-order valence-electron chi connectivity index (χ4n) is 3.35. The van der Waals surface area contributed by atoms with E-state index in [1.54, 1.807) is 48.5 Å². The highest BCUT2D eigenvalue weighted by molar-refractivity contribution is 7.93. The number of aryl methyl sites for hydroxylation is 2. The third kappa shape index (κ3) is 2.89. The average molecular weight is 363 g/mol. The Morgan fingerprint density at radius 1 is 0.808 bits per heavy atom. The Morgan fingerprint density at radius 2 is 1.27 bits per heavy atom. The second-order valence-corrected chi connectivity index (χ2v) is 9.17. The molecule has 0 heterocycles. The van der Waals surface area contributed by atoms with Crippen molar-refractivity contribution in [1.82, 2.24) is 0 Å². The van der Waals surface area contributed by atoms with Crippen LogP contribution in [0.2, 0.25) is 0 Å². The lowest BCUT2D eigenvalue weighted by atomic mass is 9.98. The van der Waals surface area contributed by atoms with Gasteiger partial charge in [-0.15, -0.1) is 0 Å². The van der Waals surface area contributed by atoms with Crippen molar-refractivity contribution in [3.63, 3.8) is 0 Å². The minimum atomic E-state index is -3.52. The normalized spacial score (nSPS) is 11.3. The molecule has 0 fully saturated rings. The van der Waals surface area contributed by atoms with Crippen molar-refractivity contribution in [1.29, 1.82) is 0 Å². The molecule has 0 aliphatic heterocycles. The van der Waals surface area contributed by atoms with E-state index in [-0.39, 0.29) is 5.52 Å². The van der Waals surface area contributed by atoms with E-state index in [9.17, 15) is 9.36 Å². The zero-order chi connectivity index (χ0) is 18.9. The summed E-state index contributed by atoms with van der Waals surface area (Å²) in [7, 11) is -3.52. The molecule has 0 atom stereocenters. The highest BCUT2D eigenvalue weighted by Crippen LogP contribution is 2.48. The minimum Gasteiger partial charge on any atom is -0.398 e. The molecule has 3 aromatic rings. The number of rotatable bonds is 4. The predicted molar refractivity (Wildman–Crippen MR) is 109 cm³/mol. The van der Waals surface area contributed by atoms with Crippen molar-refractivity contribution in [2.45, 2.75) is 20.8 Å². The van der Waals surface area contributed by atoms with Gasteiger partial charge in [0.25, 0.3) is 0 Å². The zero-order valence-electron chi connectivity index (χ0n) is 15.2. The highest BCUT2D eigenvalue weighted by atomic mass is 31.2. The molecule has 4 heteroatoms. The molecule has 0 aliphatic rings. The van der Waals surface area contributed by atoms with Gasteiger partial charge in [0.2, 0.25) is 12.7 Å². The first kappa shape index (κ1) is 18.2. The number of benzene rings is 3. The molecule has 132 valence electrons. The van der Waals surface area contributed by atoms with Crippen LogP contribution in [-0.4, -0.2) is 5.52 Å². The number of carbonyl (C=O) groups excluding carboxylic acids is 1. The molecule has 0 saturated carbocycles. The van der Waals surface area contributed by atoms with Crippen molar-refractivity contribution >= 4 is 29.0 Å². The van der Waals surface area contributed by atoms with E-state index in [1.807, 2.05) is 39.0 Å². The van der Waals surface area contributed by atoms with Crippen LogP contribution in [0.5, 0.6) is 0 Å². The van der Waals surface area contributed by atoms with E-state index in [0.717, 1.165) is 11.1 Å². The van der Waals surface area contributed by atoms with Gasteiger partial charge in [0.1, 0.15) is 0 Å². The smallest absolute Gasteiger partial charge is 0.230 e. The molecule has 0 aliphatic carbocycles. The summed E-state index contributed by atoms with van der Waals surface area (Å²) in [6, 6.07) is 19.8. The Morgan fingerprint density at radius 3 is 1.73 bits per heavy atom. The van der Waals surface area contributed by atoms with Gasteiger partial charge in [-0.2, -0.15) is 0 Å². The quantitative estimate of drug-likeness (QED) is 0.554. The van der Waals surface area contributed by atoms with Crippen LogP contribution in [0.15, 0.2) is 66.7 Å². The van der Waals surface area contributed by atoms with E-state index in [2.05, 4.69) is 0 Å². The van der Waals surface area contributed by atoms with Gasteiger partial charge in [-0.05, 0) is 37.5 Å². The lowest BCUT2D eigenvalue weighted by Crippen LogP contribution is -2.24. The Labute approximate surface area is 154 Å². The van der Waals surface area contributed by atoms with Crippen LogP contribution in [-0.2, 0) is 4.57 Å². The summed E-state index contributed by atoms with van der Waals surface area (Å²) < 4.78 is 14.2. The number of hydrogen-bond acceptors (Lipinski definition) is 3. The Bertz CT molecular complexity index is 968. The summed E-state index contributed by atoms with van der Waals surface area (Å²) >= 11 is 0. The van der Waals surface area contributed by atoms with Crippen molar-refractivity contribution in [3.8, 4) is 0 Å². The van der Waals surface area contributed by atoms with Crippen molar-refractivity contribution in [3.05, 3.63) is 89.0 Å². The molecule has 0 amide bonds. The summed E-state index contributed by atoms with van der Waals surface area (Å²) in [6.07, 6.45) is 0. The van der Waals surface area contributed by atoms with E-state index >= 15 is 0 Å². The summed E-state index contributed by atoms with van der Waals surface area (Å²) in [5.41, 5.74) is 9.26. The summed E-state index contributed by atoms with van der Waals surface area (Å²) in [4.78, 5) is 13.7. The maximum Gasteiger partial charge on any atom is 0.230 e. The van der Waals surface area contributed by atoms with Gasteiger partial charge >= 0.3 is 0 Å². The van der Waals surface area contributed by atoms with Gasteiger partial charge in [0, 0.05) is 21.9 Å². The van der Waals surface area contributed by atoms with Crippen LogP contribution >= 0.6 is 7.14 Å². The predicted octanol–water partition coefficient (Wildman–Crippen LogP) is 4.35. The van der Waals surface area contributed by atoms with Crippen LogP contribution in [0, 0.1) is 20.8 Å². The average Bonchev–Trinajstić information content (AvgIpc) is 2.67. The standard InChI is InChI=1S/C22H22NO2P/c1-15-14-16(2)21(23)17(3)20(15)22(24)26(25,18-10-6-4-7-11-18)19-12-8-5-9-13-19/h4-14H,23H2,1-3H3. The summed E-state index contributed by atoms with van der Waals surface area (Å²) in [5.74, 6) is 0. The summed E-state index contributed by atoms with van der Waals surface area (Å²) in [5, 5.41) is 1.07. The molecule has 0 aromatic heterocycles. The monoisotopic (exact) mass is 363 g/mol. The third-order valence-corrected chi connectivity index (χ3v) is 7.62.